The molecule has 0 aliphatic carbocycles. The lowest BCUT2D eigenvalue weighted by Gasteiger charge is -2.04. The molecule has 0 bridgehead atoms. The second-order valence-electron chi connectivity index (χ2n) is 4.38. The predicted octanol–water partition coefficient (Wildman–Crippen LogP) is 3.54. The fraction of sp³-hybridized carbons (Fsp3) is 0.462. The van der Waals surface area contributed by atoms with Crippen LogP contribution >= 0.6 is 0 Å². The third kappa shape index (κ3) is 3.65. The molecule has 0 aliphatic rings. The first-order chi connectivity index (χ1) is 7.50. The number of ketones is 1. The first-order valence-corrected chi connectivity index (χ1v) is 5.52. The van der Waals surface area contributed by atoms with E-state index < -0.39 is 11.6 Å². The van der Waals surface area contributed by atoms with Crippen molar-refractivity contribution in [3.8, 4) is 5.75 Å². The number of phenolic OH excluding ortho intramolecular Hbond substituents is 1. The lowest BCUT2D eigenvalue weighted by Crippen LogP contribution is -2.00. The number of aromatic hydroxyl groups is 1. The van der Waals surface area contributed by atoms with Gasteiger partial charge < -0.3 is 5.11 Å². The Morgan fingerprint density at radius 2 is 2.12 bits per heavy atom. The van der Waals surface area contributed by atoms with Gasteiger partial charge in [-0.1, -0.05) is 20.3 Å². The normalized spacial score (nSPS) is 10.8. The van der Waals surface area contributed by atoms with Gasteiger partial charge in [0, 0.05) is 12.0 Å². The molecular formula is C13H17FO2. The highest BCUT2D eigenvalue weighted by Crippen LogP contribution is 2.18. The van der Waals surface area contributed by atoms with Crippen LogP contribution in [-0.2, 0) is 0 Å². The maximum Gasteiger partial charge on any atom is 0.165 e. The number of hydrogen-bond donors (Lipinski definition) is 1. The van der Waals surface area contributed by atoms with E-state index in [1.807, 2.05) is 0 Å². The molecule has 1 aromatic rings. The van der Waals surface area contributed by atoms with Crippen molar-refractivity contribution in [3.05, 3.63) is 29.6 Å². The van der Waals surface area contributed by atoms with Gasteiger partial charge in [0.1, 0.15) is 0 Å². The molecule has 0 fully saturated rings. The smallest absolute Gasteiger partial charge is 0.165 e. The number of hydrogen-bond acceptors (Lipinski definition) is 2. The van der Waals surface area contributed by atoms with Crippen LogP contribution in [0, 0.1) is 11.7 Å². The Morgan fingerprint density at radius 3 is 2.69 bits per heavy atom. The fourth-order valence-corrected chi connectivity index (χ4v) is 1.50. The summed E-state index contributed by atoms with van der Waals surface area (Å²) in [5.74, 6) is -0.655. The van der Waals surface area contributed by atoms with Crippen molar-refractivity contribution in [1.29, 1.82) is 0 Å². The van der Waals surface area contributed by atoms with Gasteiger partial charge in [-0.2, -0.15) is 0 Å². The highest BCUT2D eigenvalue weighted by molar-refractivity contribution is 5.96. The lowest BCUT2D eigenvalue weighted by molar-refractivity contribution is 0.0978. The first kappa shape index (κ1) is 12.7. The quantitative estimate of drug-likeness (QED) is 0.777. The largest absolute Gasteiger partial charge is 0.505 e. The molecule has 0 atom stereocenters. The van der Waals surface area contributed by atoms with E-state index in [1.165, 1.54) is 12.1 Å². The molecule has 16 heavy (non-hydrogen) atoms. The van der Waals surface area contributed by atoms with E-state index in [2.05, 4.69) is 13.8 Å². The Morgan fingerprint density at radius 1 is 1.44 bits per heavy atom. The molecule has 1 N–H and O–H groups in total. The van der Waals surface area contributed by atoms with Crippen LogP contribution in [0.1, 0.15) is 43.5 Å². The maximum absolute atomic E-state index is 13.0. The van der Waals surface area contributed by atoms with Crippen molar-refractivity contribution < 1.29 is 14.3 Å². The van der Waals surface area contributed by atoms with Crippen LogP contribution in [0.3, 0.4) is 0 Å². The van der Waals surface area contributed by atoms with E-state index >= 15 is 0 Å². The minimum atomic E-state index is -0.741. The molecule has 1 rings (SSSR count). The molecule has 0 saturated heterocycles. The van der Waals surface area contributed by atoms with Gasteiger partial charge in [-0.05, 0) is 30.5 Å². The van der Waals surface area contributed by atoms with Crippen LogP contribution < -0.4 is 0 Å². The van der Waals surface area contributed by atoms with Crippen LogP contribution in [0.5, 0.6) is 5.75 Å². The van der Waals surface area contributed by atoms with Crippen molar-refractivity contribution in [2.45, 2.75) is 33.1 Å². The van der Waals surface area contributed by atoms with Crippen LogP contribution in [0.15, 0.2) is 18.2 Å². The molecule has 1 aromatic carbocycles. The Labute approximate surface area is 95.1 Å². The van der Waals surface area contributed by atoms with E-state index in [4.69, 9.17) is 5.11 Å². The minimum absolute atomic E-state index is 0.0699. The average Bonchev–Trinajstić information content (AvgIpc) is 2.21. The zero-order valence-electron chi connectivity index (χ0n) is 9.66. The van der Waals surface area contributed by atoms with Crippen molar-refractivity contribution in [2.24, 2.45) is 5.92 Å². The third-order valence-corrected chi connectivity index (χ3v) is 2.45. The summed E-state index contributed by atoms with van der Waals surface area (Å²) in [5, 5.41) is 8.99. The average molecular weight is 224 g/mol. The standard InChI is InChI=1S/C13H17FO2/c1-9(2)4-3-5-12(15)10-6-7-13(16)11(14)8-10/h6-9,16H,3-5H2,1-2H3. The van der Waals surface area contributed by atoms with Crippen LogP contribution in [0.4, 0.5) is 4.39 Å². The Balaban J connectivity index is 2.56. The summed E-state index contributed by atoms with van der Waals surface area (Å²) in [7, 11) is 0. The Hall–Kier alpha value is -1.38. The van der Waals surface area contributed by atoms with E-state index in [1.54, 1.807) is 0 Å². The van der Waals surface area contributed by atoms with Crippen LogP contribution in [-0.4, -0.2) is 10.9 Å². The van der Waals surface area contributed by atoms with Gasteiger partial charge in [0.05, 0.1) is 0 Å². The van der Waals surface area contributed by atoms with E-state index in [9.17, 15) is 9.18 Å². The number of Topliss-reactive ketones (excluding diaryl/α,β-unsaturated/α-hetero) is 1. The van der Waals surface area contributed by atoms with Crippen molar-refractivity contribution >= 4 is 5.78 Å². The summed E-state index contributed by atoms with van der Waals surface area (Å²) in [6.45, 7) is 4.20. The summed E-state index contributed by atoms with van der Waals surface area (Å²) >= 11 is 0. The van der Waals surface area contributed by atoms with Crippen molar-refractivity contribution in [2.75, 3.05) is 0 Å². The molecule has 0 radical (unpaired) electrons. The fourth-order valence-electron chi connectivity index (χ4n) is 1.50. The van der Waals surface area contributed by atoms with E-state index in [0.29, 0.717) is 17.9 Å². The van der Waals surface area contributed by atoms with Gasteiger partial charge >= 0.3 is 0 Å². The second-order valence-corrected chi connectivity index (χ2v) is 4.38. The van der Waals surface area contributed by atoms with Gasteiger partial charge in [0.25, 0.3) is 0 Å². The number of carbonyl (C=O) groups excluding carboxylic acids is 1. The van der Waals surface area contributed by atoms with Gasteiger partial charge in [-0.25, -0.2) is 4.39 Å². The topological polar surface area (TPSA) is 37.3 Å². The molecular weight excluding hydrogens is 207 g/mol. The lowest BCUT2D eigenvalue weighted by atomic mass is 10.0. The van der Waals surface area contributed by atoms with E-state index in [-0.39, 0.29) is 5.78 Å². The molecule has 0 heterocycles. The SMILES string of the molecule is CC(C)CCCC(=O)c1ccc(O)c(F)c1. The molecule has 0 aliphatic heterocycles. The summed E-state index contributed by atoms with van der Waals surface area (Å²) in [5.41, 5.74) is 0.332. The number of carbonyl (C=O) groups is 1. The summed E-state index contributed by atoms with van der Waals surface area (Å²) in [4.78, 5) is 11.6. The maximum atomic E-state index is 13.0. The molecule has 0 unspecified atom stereocenters. The monoisotopic (exact) mass is 224 g/mol. The number of benzene rings is 1. The third-order valence-electron chi connectivity index (χ3n) is 2.45. The van der Waals surface area contributed by atoms with Gasteiger partial charge in [-0.15, -0.1) is 0 Å². The highest BCUT2D eigenvalue weighted by atomic mass is 19.1. The summed E-state index contributed by atoms with van der Waals surface area (Å²) < 4.78 is 13.0. The summed E-state index contributed by atoms with van der Waals surface area (Å²) in [6.07, 6.45) is 2.24. The second kappa shape index (κ2) is 5.64. The van der Waals surface area contributed by atoms with Gasteiger partial charge in [-0.3, -0.25) is 4.79 Å². The number of halogens is 1. The molecule has 2 nitrogen and oxygen atoms in total. The molecule has 88 valence electrons. The zero-order chi connectivity index (χ0) is 12.1. The number of phenols is 1. The first-order valence-electron chi connectivity index (χ1n) is 5.52. The van der Waals surface area contributed by atoms with Crippen molar-refractivity contribution in [1.82, 2.24) is 0 Å². The predicted molar refractivity (Wildman–Crippen MR) is 61.1 cm³/mol. The molecule has 0 aromatic heterocycles. The highest BCUT2D eigenvalue weighted by Gasteiger charge is 2.09. The zero-order valence-corrected chi connectivity index (χ0v) is 9.66. The Kier molecular flexibility index (Phi) is 4.47. The van der Waals surface area contributed by atoms with Gasteiger partial charge in [0.15, 0.2) is 17.3 Å². The molecule has 3 heteroatoms. The molecule has 0 amide bonds. The van der Waals surface area contributed by atoms with Crippen LogP contribution in [0.2, 0.25) is 0 Å². The molecule has 0 spiro atoms. The summed E-state index contributed by atoms with van der Waals surface area (Å²) in [6, 6.07) is 3.76. The van der Waals surface area contributed by atoms with Crippen LogP contribution in [0.25, 0.3) is 0 Å². The Bertz CT molecular complexity index is 372. The van der Waals surface area contributed by atoms with Crippen molar-refractivity contribution in [3.63, 3.8) is 0 Å². The minimum Gasteiger partial charge on any atom is -0.505 e. The van der Waals surface area contributed by atoms with Gasteiger partial charge in [0.2, 0.25) is 0 Å². The molecule has 0 saturated carbocycles. The van der Waals surface area contributed by atoms with E-state index in [0.717, 1.165) is 18.9 Å². The number of rotatable bonds is 5.